The van der Waals surface area contributed by atoms with Gasteiger partial charge in [0.1, 0.15) is 11.2 Å². The summed E-state index contributed by atoms with van der Waals surface area (Å²) in [6, 6.07) is 73.8. The van der Waals surface area contributed by atoms with E-state index in [-0.39, 0.29) is 0 Å². The molecule has 0 aliphatic carbocycles. The predicted octanol–water partition coefficient (Wildman–Crippen LogP) is 16.0. The van der Waals surface area contributed by atoms with Crippen molar-refractivity contribution in [3.05, 3.63) is 206 Å². The molecule has 0 aliphatic rings. The number of hydrogen-bond donors (Lipinski definition) is 0. The first-order valence-corrected chi connectivity index (χ1v) is 20.8. The van der Waals surface area contributed by atoms with E-state index in [4.69, 9.17) is 14.4 Å². The molecule has 13 rings (SSSR count). The Morgan fingerprint density at radius 3 is 1.56 bits per heavy atom. The lowest BCUT2D eigenvalue weighted by Crippen LogP contribution is -1.98. The van der Waals surface area contributed by atoms with E-state index in [0.717, 1.165) is 93.1 Å². The van der Waals surface area contributed by atoms with Gasteiger partial charge in [-0.1, -0.05) is 182 Å². The average molecular weight is 775 g/mol. The lowest BCUT2D eigenvalue weighted by atomic mass is 9.90. The van der Waals surface area contributed by atoms with E-state index in [1.54, 1.807) is 0 Å². The van der Waals surface area contributed by atoms with Crippen LogP contribution in [0.25, 0.3) is 132 Å². The Labute approximate surface area is 350 Å². The van der Waals surface area contributed by atoms with Crippen molar-refractivity contribution in [3.8, 4) is 45.0 Å². The van der Waals surface area contributed by atoms with Gasteiger partial charge in [0.2, 0.25) is 0 Å². The van der Waals surface area contributed by atoms with E-state index < -0.39 is 0 Å². The summed E-state index contributed by atoms with van der Waals surface area (Å²) in [5, 5.41) is 15.9. The van der Waals surface area contributed by atoms with E-state index in [0.29, 0.717) is 5.82 Å². The summed E-state index contributed by atoms with van der Waals surface area (Å²) >= 11 is 0. The number of aromatic nitrogens is 2. The first-order chi connectivity index (χ1) is 30.2. The highest BCUT2D eigenvalue weighted by Gasteiger charge is 2.24. The fourth-order valence-electron chi connectivity index (χ4n) is 9.87. The normalized spacial score (nSPS) is 11.9. The molecule has 2 aromatic heterocycles. The Morgan fingerprint density at radius 1 is 0.295 bits per heavy atom. The molecule has 61 heavy (non-hydrogen) atoms. The van der Waals surface area contributed by atoms with Gasteiger partial charge >= 0.3 is 0 Å². The summed E-state index contributed by atoms with van der Waals surface area (Å²) in [4.78, 5) is 11.2. The minimum atomic E-state index is 0.650. The van der Waals surface area contributed by atoms with Crippen LogP contribution in [0.2, 0.25) is 0 Å². The smallest absolute Gasteiger partial charge is 0.161 e. The molecule has 2 heterocycles. The van der Waals surface area contributed by atoms with Gasteiger partial charge in [0, 0.05) is 32.8 Å². The van der Waals surface area contributed by atoms with Crippen molar-refractivity contribution in [2.24, 2.45) is 0 Å². The summed E-state index contributed by atoms with van der Waals surface area (Å²) in [5.41, 5.74) is 8.83. The third-order valence-corrected chi connectivity index (χ3v) is 12.6. The Kier molecular flexibility index (Phi) is 7.31. The molecule has 0 spiro atoms. The molecule has 0 bridgehead atoms. The summed E-state index contributed by atoms with van der Waals surface area (Å²) in [6.07, 6.45) is 0. The Balaban J connectivity index is 1.19. The molecule has 0 saturated carbocycles. The average Bonchev–Trinajstić information content (AvgIpc) is 3.70. The van der Waals surface area contributed by atoms with Crippen molar-refractivity contribution in [2.45, 2.75) is 0 Å². The van der Waals surface area contributed by atoms with Crippen LogP contribution >= 0.6 is 0 Å². The van der Waals surface area contributed by atoms with E-state index in [2.05, 4.69) is 206 Å². The van der Waals surface area contributed by atoms with Crippen LogP contribution in [-0.2, 0) is 0 Å². The Morgan fingerprint density at radius 2 is 0.820 bits per heavy atom. The third-order valence-electron chi connectivity index (χ3n) is 12.6. The van der Waals surface area contributed by atoms with E-state index >= 15 is 0 Å². The zero-order valence-corrected chi connectivity index (χ0v) is 32.9. The van der Waals surface area contributed by atoms with Gasteiger partial charge in [0.05, 0.1) is 11.4 Å². The second kappa shape index (κ2) is 13.2. The molecule has 0 amide bonds. The number of hydrogen-bond acceptors (Lipinski definition) is 3. The van der Waals surface area contributed by atoms with E-state index in [1.165, 1.54) is 32.7 Å². The Bertz CT molecular complexity index is 3930. The molecule has 0 saturated heterocycles. The summed E-state index contributed by atoms with van der Waals surface area (Å²) in [7, 11) is 0. The largest absolute Gasteiger partial charge is 0.455 e. The molecule has 0 atom stereocenters. The van der Waals surface area contributed by atoms with E-state index in [1.807, 2.05) is 0 Å². The van der Waals surface area contributed by atoms with Gasteiger partial charge in [-0.25, -0.2) is 9.97 Å². The maximum absolute atomic E-state index is 7.14. The SMILES string of the molecule is c1ccc(-c2ccc(-c3cc(-c4cccc5ccccc45)nc(-c4cc5c6ccccc6c6ccccc6c5c5oc6cc7ccccc7cc6c45)n3)c3ccccc23)cc1. The van der Waals surface area contributed by atoms with Gasteiger partial charge in [-0.15, -0.1) is 0 Å². The van der Waals surface area contributed by atoms with Crippen molar-refractivity contribution in [1.82, 2.24) is 9.97 Å². The number of nitrogens with zero attached hydrogens (tertiary/aromatic N) is 2. The fourth-order valence-corrected chi connectivity index (χ4v) is 9.87. The molecular formula is C58H34N2O. The molecule has 0 N–H and O–H groups in total. The fraction of sp³-hybridized carbons (Fsp3) is 0. The lowest BCUT2D eigenvalue weighted by Gasteiger charge is -2.16. The molecule has 282 valence electrons. The lowest BCUT2D eigenvalue weighted by molar-refractivity contribution is 0.673. The van der Waals surface area contributed by atoms with Crippen LogP contribution < -0.4 is 0 Å². The highest BCUT2D eigenvalue weighted by molar-refractivity contribution is 6.34. The van der Waals surface area contributed by atoms with Crippen molar-refractivity contribution < 1.29 is 4.42 Å². The predicted molar refractivity (Wildman–Crippen MR) is 256 cm³/mol. The maximum Gasteiger partial charge on any atom is 0.161 e. The first kappa shape index (κ1) is 33.8. The van der Waals surface area contributed by atoms with Gasteiger partial charge < -0.3 is 4.42 Å². The second-order valence-electron chi connectivity index (χ2n) is 16.0. The zero-order chi connectivity index (χ0) is 40.0. The van der Waals surface area contributed by atoms with Gasteiger partial charge in [-0.3, -0.25) is 0 Å². The van der Waals surface area contributed by atoms with Crippen LogP contribution in [0.15, 0.2) is 211 Å². The number of furan rings is 1. The van der Waals surface area contributed by atoms with Crippen molar-refractivity contribution >= 4 is 86.6 Å². The zero-order valence-electron chi connectivity index (χ0n) is 32.9. The van der Waals surface area contributed by atoms with Crippen LogP contribution in [-0.4, -0.2) is 9.97 Å². The van der Waals surface area contributed by atoms with Gasteiger partial charge in [-0.05, 0) is 94.6 Å². The third kappa shape index (κ3) is 5.17. The molecule has 13 aromatic rings. The quantitative estimate of drug-likeness (QED) is 0.167. The standard InChI is InChI=1S/C58H34N2O/c1-2-15-35(16-3-1)40-29-30-47(43-24-10-8-22-41(40)43)53-34-52(46-28-14-20-36-17-6-7-21-39(36)46)59-58(60-53)51-33-49-45-26-11-9-23-42(45)44-25-12-13-27-48(44)55(49)57-56(51)50-31-37-18-4-5-19-38(37)32-54(50)61-57/h1-34H. The number of rotatable bonds is 4. The van der Waals surface area contributed by atoms with Gasteiger partial charge in [0.15, 0.2) is 5.82 Å². The summed E-state index contributed by atoms with van der Waals surface area (Å²) in [6.45, 7) is 0. The van der Waals surface area contributed by atoms with Crippen LogP contribution in [0, 0.1) is 0 Å². The molecule has 3 nitrogen and oxygen atoms in total. The van der Waals surface area contributed by atoms with Gasteiger partial charge in [-0.2, -0.15) is 0 Å². The topological polar surface area (TPSA) is 38.9 Å². The molecule has 3 heteroatoms. The van der Waals surface area contributed by atoms with Crippen molar-refractivity contribution in [2.75, 3.05) is 0 Å². The molecule has 0 fully saturated rings. The Hall–Kier alpha value is -8.14. The highest BCUT2D eigenvalue weighted by atomic mass is 16.3. The van der Waals surface area contributed by atoms with Crippen LogP contribution in [0.4, 0.5) is 0 Å². The molecule has 0 unspecified atom stereocenters. The number of fused-ring (bicyclic) bond motifs is 13. The molecular weight excluding hydrogens is 741 g/mol. The van der Waals surface area contributed by atoms with Crippen molar-refractivity contribution in [1.29, 1.82) is 0 Å². The van der Waals surface area contributed by atoms with Crippen molar-refractivity contribution in [3.63, 3.8) is 0 Å². The minimum Gasteiger partial charge on any atom is -0.455 e. The molecule has 0 aliphatic heterocycles. The summed E-state index contributed by atoms with van der Waals surface area (Å²) in [5.74, 6) is 0.650. The van der Waals surface area contributed by atoms with Crippen LogP contribution in [0.1, 0.15) is 0 Å². The van der Waals surface area contributed by atoms with Gasteiger partial charge in [0.25, 0.3) is 0 Å². The monoisotopic (exact) mass is 774 g/mol. The minimum absolute atomic E-state index is 0.650. The van der Waals surface area contributed by atoms with Crippen LogP contribution in [0.3, 0.4) is 0 Å². The highest BCUT2D eigenvalue weighted by Crippen LogP contribution is 2.47. The summed E-state index contributed by atoms with van der Waals surface area (Å²) < 4.78 is 7.14. The van der Waals surface area contributed by atoms with E-state index in [9.17, 15) is 0 Å². The van der Waals surface area contributed by atoms with Crippen LogP contribution in [0.5, 0.6) is 0 Å². The first-order valence-electron chi connectivity index (χ1n) is 20.8. The second-order valence-corrected chi connectivity index (χ2v) is 16.0. The molecule has 11 aromatic carbocycles. The molecule has 0 radical (unpaired) electrons. The number of benzene rings is 11. The maximum atomic E-state index is 7.14.